The van der Waals surface area contributed by atoms with Crippen LogP contribution in [0.5, 0.6) is 0 Å². The third-order valence-corrected chi connectivity index (χ3v) is 4.39. The molecule has 0 saturated carbocycles. The van der Waals surface area contributed by atoms with Crippen molar-refractivity contribution < 1.29 is 17.7 Å². The highest BCUT2D eigenvalue weighted by Crippen LogP contribution is 2.26. The van der Waals surface area contributed by atoms with Crippen LogP contribution in [-0.2, 0) is 21.3 Å². The SMILES string of the molecule is COCCc1sc(S(=O)(=O)O)cc1C. The molecule has 0 aliphatic heterocycles. The first-order valence-electron chi connectivity index (χ1n) is 4.01. The van der Waals surface area contributed by atoms with Crippen LogP contribution < -0.4 is 0 Å². The second kappa shape index (κ2) is 4.39. The maximum Gasteiger partial charge on any atom is 0.304 e. The van der Waals surface area contributed by atoms with E-state index in [1.807, 2.05) is 6.92 Å². The molecular weight excluding hydrogens is 224 g/mol. The van der Waals surface area contributed by atoms with Crippen molar-refractivity contribution in [2.45, 2.75) is 17.6 Å². The molecule has 80 valence electrons. The molecule has 0 saturated heterocycles. The van der Waals surface area contributed by atoms with E-state index in [2.05, 4.69) is 0 Å². The summed E-state index contributed by atoms with van der Waals surface area (Å²) in [7, 11) is -2.46. The van der Waals surface area contributed by atoms with Gasteiger partial charge in [-0.2, -0.15) is 8.42 Å². The van der Waals surface area contributed by atoms with Gasteiger partial charge in [0, 0.05) is 18.4 Å². The number of rotatable bonds is 4. The minimum absolute atomic E-state index is 0.00102. The van der Waals surface area contributed by atoms with E-state index in [4.69, 9.17) is 9.29 Å². The number of ether oxygens (including phenoxy) is 1. The first-order valence-corrected chi connectivity index (χ1v) is 6.26. The third kappa shape index (κ3) is 2.78. The zero-order valence-electron chi connectivity index (χ0n) is 7.98. The molecular formula is C8H12O4S2. The third-order valence-electron chi connectivity index (χ3n) is 1.79. The summed E-state index contributed by atoms with van der Waals surface area (Å²) in [5.41, 5.74) is 0.875. The molecule has 0 radical (unpaired) electrons. The van der Waals surface area contributed by atoms with Crippen LogP contribution in [-0.4, -0.2) is 26.7 Å². The summed E-state index contributed by atoms with van der Waals surface area (Å²) in [5, 5.41) is 0. The van der Waals surface area contributed by atoms with Crippen LogP contribution in [0.2, 0.25) is 0 Å². The Balaban J connectivity index is 2.94. The Labute approximate surface area is 87.3 Å². The minimum atomic E-state index is -4.05. The smallest absolute Gasteiger partial charge is 0.304 e. The van der Waals surface area contributed by atoms with E-state index in [1.165, 1.54) is 6.07 Å². The molecule has 0 atom stereocenters. The van der Waals surface area contributed by atoms with Crippen LogP contribution in [0.1, 0.15) is 10.4 Å². The molecule has 0 bridgehead atoms. The van der Waals surface area contributed by atoms with Crippen molar-refractivity contribution in [2.75, 3.05) is 13.7 Å². The number of hydrogen-bond donors (Lipinski definition) is 1. The zero-order valence-corrected chi connectivity index (χ0v) is 9.61. The minimum Gasteiger partial charge on any atom is -0.384 e. The lowest BCUT2D eigenvalue weighted by atomic mass is 10.2. The highest BCUT2D eigenvalue weighted by molar-refractivity contribution is 7.88. The molecule has 1 N–H and O–H groups in total. The quantitative estimate of drug-likeness (QED) is 0.804. The van der Waals surface area contributed by atoms with Gasteiger partial charge in [0.15, 0.2) is 0 Å². The normalized spacial score (nSPS) is 11.9. The molecule has 0 amide bonds. The van der Waals surface area contributed by atoms with Crippen molar-refractivity contribution in [3.05, 3.63) is 16.5 Å². The largest absolute Gasteiger partial charge is 0.384 e. The lowest BCUT2D eigenvalue weighted by Gasteiger charge is -1.96. The maximum atomic E-state index is 10.8. The molecule has 0 aliphatic carbocycles. The van der Waals surface area contributed by atoms with Crippen LogP contribution in [0, 0.1) is 6.92 Å². The van der Waals surface area contributed by atoms with Gasteiger partial charge in [0.1, 0.15) is 4.21 Å². The molecule has 0 unspecified atom stereocenters. The van der Waals surface area contributed by atoms with E-state index >= 15 is 0 Å². The molecule has 4 nitrogen and oxygen atoms in total. The second-order valence-electron chi connectivity index (χ2n) is 2.89. The fraction of sp³-hybridized carbons (Fsp3) is 0.500. The molecule has 0 spiro atoms. The molecule has 0 aromatic carbocycles. The van der Waals surface area contributed by atoms with E-state index in [0.29, 0.717) is 13.0 Å². The molecule has 14 heavy (non-hydrogen) atoms. The average Bonchev–Trinajstić information content (AvgIpc) is 2.43. The summed E-state index contributed by atoms with van der Waals surface area (Å²) in [6, 6.07) is 1.48. The highest BCUT2D eigenvalue weighted by Gasteiger charge is 2.15. The predicted octanol–water partition coefficient (Wildman–Crippen LogP) is 1.49. The standard InChI is InChI=1S/C8H12O4S2/c1-6-5-8(14(9,10)11)13-7(6)3-4-12-2/h5H,3-4H2,1-2H3,(H,9,10,11). The van der Waals surface area contributed by atoms with Gasteiger partial charge < -0.3 is 4.74 Å². The van der Waals surface area contributed by atoms with Gasteiger partial charge >= 0.3 is 10.1 Å². The summed E-state index contributed by atoms with van der Waals surface area (Å²) >= 11 is 1.09. The van der Waals surface area contributed by atoms with Crippen LogP contribution in [0.3, 0.4) is 0 Å². The maximum absolute atomic E-state index is 10.8. The van der Waals surface area contributed by atoms with Crippen molar-refractivity contribution in [3.63, 3.8) is 0 Å². The Hall–Kier alpha value is -0.430. The molecule has 1 aromatic heterocycles. The van der Waals surface area contributed by atoms with Crippen molar-refractivity contribution in [3.8, 4) is 0 Å². The van der Waals surface area contributed by atoms with Crippen molar-refractivity contribution in [2.24, 2.45) is 0 Å². The summed E-state index contributed by atoms with van der Waals surface area (Å²) < 4.78 is 35.3. The molecule has 0 aliphatic rings. The fourth-order valence-electron chi connectivity index (χ4n) is 1.06. The Morgan fingerprint density at radius 2 is 2.21 bits per heavy atom. The van der Waals surface area contributed by atoms with E-state index < -0.39 is 10.1 Å². The van der Waals surface area contributed by atoms with Gasteiger partial charge in [0.05, 0.1) is 6.61 Å². The average molecular weight is 236 g/mol. The molecule has 6 heteroatoms. The fourth-order valence-corrected chi connectivity index (χ4v) is 2.99. The van der Waals surface area contributed by atoms with E-state index in [-0.39, 0.29) is 4.21 Å². The summed E-state index contributed by atoms with van der Waals surface area (Å²) in [4.78, 5) is 0.930. The Morgan fingerprint density at radius 1 is 1.57 bits per heavy atom. The van der Waals surface area contributed by atoms with E-state index in [0.717, 1.165) is 21.8 Å². The van der Waals surface area contributed by atoms with Crippen molar-refractivity contribution in [1.29, 1.82) is 0 Å². The topological polar surface area (TPSA) is 63.6 Å². The predicted molar refractivity (Wildman–Crippen MR) is 54.5 cm³/mol. The molecule has 0 fully saturated rings. The molecule has 1 rings (SSSR count). The van der Waals surface area contributed by atoms with Crippen molar-refractivity contribution >= 4 is 21.5 Å². The Morgan fingerprint density at radius 3 is 2.64 bits per heavy atom. The van der Waals surface area contributed by atoms with Gasteiger partial charge in [0.25, 0.3) is 0 Å². The van der Waals surface area contributed by atoms with Crippen LogP contribution in [0.25, 0.3) is 0 Å². The van der Waals surface area contributed by atoms with Gasteiger partial charge in [-0.15, -0.1) is 11.3 Å². The van der Waals surface area contributed by atoms with Gasteiger partial charge in [-0.3, -0.25) is 4.55 Å². The first kappa shape index (κ1) is 11.6. The van der Waals surface area contributed by atoms with Crippen LogP contribution in [0.4, 0.5) is 0 Å². The monoisotopic (exact) mass is 236 g/mol. The van der Waals surface area contributed by atoms with Gasteiger partial charge in [-0.25, -0.2) is 0 Å². The van der Waals surface area contributed by atoms with Gasteiger partial charge in [0.2, 0.25) is 0 Å². The summed E-state index contributed by atoms with van der Waals surface area (Å²) in [5.74, 6) is 0. The molecule has 1 heterocycles. The van der Waals surface area contributed by atoms with Gasteiger partial charge in [-0.05, 0) is 18.6 Å². The lowest BCUT2D eigenvalue weighted by Crippen LogP contribution is -1.93. The highest BCUT2D eigenvalue weighted by atomic mass is 32.3. The zero-order chi connectivity index (χ0) is 10.8. The van der Waals surface area contributed by atoms with E-state index in [9.17, 15) is 8.42 Å². The number of aryl methyl sites for hydroxylation is 1. The lowest BCUT2D eigenvalue weighted by molar-refractivity contribution is 0.203. The Bertz CT molecular complexity index is 405. The number of hydrogen-bond acceptors (Lipinski definition) is 4. The Kier molecular flexibility index (Phi) is 3.65. The number of methoxy groups -OCH3 is 1. The summed E-state index contributed by atoms with van der Waals surface area (Å²) in [6.07, 6.45) is 0.669. The first-order chi connectivity index (χ1) is 6.45. The summed E-state index contributed by atoms with van der Waals surface area (Å²) in [6.45, 7) is 2.36. The van der Waals surface area contributed by atoms with Crippen LogP contribution >= 0.6 is 11.3 Å². The van der Waals surface area contributed by atoms with E-state index in [1.54, 1.807) is 7.11 Å². The van der Waals surface area contributed by atoms with Gasteiger partial charge in [-0.1, -0.05) is 0 Å². The van der Waals surface area contributed by atoms with Crippen LogP contribution in [0.15, 0.2) is 10.3 Å². The second-order valence-corrected chi connectivity index (χ2v) is 5.67. The number of thiophene rings is 1. The molecule has 1 aromatic rings. The van der Waals surface area contributed by atoms with Crippen molar-refractivity contribution in [1.82, 2.24) is 0 Å².